The van der Waals surface area contributed by atoms with Crippen LogP contribution in [0.5, 0.6) is 0 Å². The van der Waals surface area contributed by atoms with Crippen molar-refractivity contribution in [3.8, 4) is 0 Å². The number of piperidine rings is 1. The predicted octanol–water partition coefficient (Wildman–Crippen LogP) is 3.54. The normalized spacial score (nSPS) is 19.7. The Labute approximate surface area is 111 Å². The molecule has 0 aromatic heterocycles. The van der Waals surface area contributed by atoms with Crippen molar-refractivity contribution in [2.24, 2.45) is 0 Å². The molecule has 5 heteroatoms. The smallest absolute Gasteiger partial charge is 0.173 e. The number of nitrogens with zero attached hydrogens (tertiary/aromatic N) is 1. The second-order valence-electron chi connectivity index (χ2n) is 4.63. The maximum atomic E-state index is 13.1. The Morgan fingerprint density at radius 3 is 2.56 bits per heavy atom. The zero-order valence-electron chi connectivity index (χ0n) is 10.2. The highest BCUT2D eigenvalue weighted by molar-refractivity contribution is 7.80. The Morgan fingerprint density at radius 2 is 1.94 bits per heavy atom. The van der Waals surface area contributed by atoms with E-state index < -0.39 is 11.6 Å². The van der Waals surface area contributed by atoms with Gasteiger partial charge in [0.1, 0.15) is 11.6 Å². The Balaban J connectivity index is 2.06. The number of anilines is 1. The van der Waals surface area contributed by atoms with Gasteiger partial charge in [0.25, 0.3) is 0 Å². The van der Waals surface area contributed by atoms with E-state index in [1.807, 2.05) is 0 Å². The summed E-state index contributed by atoms with van der Waals surface area (Å²) in [4.78, 5) is 2.07. The fraction of sp³-hybridized carbons (Fsp3) is 0.462. The molecule has 0 saturated carbocycles. The van der Waals surface area contributed by atoms with Crippen molar-refractivity contribution in [2.45, 2.75) is 32.2 Å². The van der Waals surface area contributed by atoms with Crippen LogP contribution in [-0.4, -0.2) is 22.6 Å². The van der Waals surface area contributed by atoms with E-state index in [-0.39, 0.29) is 0 Å². The van der Waals surface area contributed by atoms with Gasteiger partial charge in [-0.3, -0.25) is 0 Å². The summed E-state index contributed by atoms with van der Waals surface area (Å²) in [7, 11) is 0. The van der Waals surface area contributed by atoms with Crippen molar-refractivity contribution < 1.29 is 8.78 Å². The fourth-order valence-electron chi connectivity index (χ4n) is 2.22. The molecule has 1 aromatic rings. The molecule has 0 amide bonds. The number of nitrogens with one attached hydrogen (secondary N) is 1. The molecule has 1 aromatic carbocycles. The summed E-state index contributed by atoms with van der Waals surface area (Å²) in [6, 6.07) is 3.70. The van der Waals surface area contributed by atoms with Crippen LogP contribution in [0.3, 0.4) is 0 Å². The minimum absolute atomic E-state index is 0.357. The number of hydrogen-bond donors (Lipinski definition) is 1. The monoisotopic (exact) mass is 270 g/mol. The fourth-order valence-corrected chi connectivity index (χ4v) is 2.61. The second-order valence-corrected chi connectivity index (χ2v) is 5.01. The van der Waals surface area contributed by atoms with Crippen molar-refractivity contribution in [3.63, 3.8) is 0 Å². The molecule has 1 saturated heterocycles. The standard InChI is InChI=1S/C13H16F2N2S/c1-9-4-2-3-5-17(9)13(18)16-12-7-10(14)6-11(15)8-12/h6-9H,2-5H2,1H3,(H,16,18). The molecule has 1 atom stereocenters. The van der Waals surface area contributed by atoms with Gasteiger partial charge in [0.05, 0.1) is 0 Å². The van der Waals surface area contributed by atoms with E-state index in [1.165, 1.54) is 18.6 Å². The van der Waals surface area contributed by atoms with Gasteiger partial charge >= 0.3 is 0 Å². The van der Waals surface area contributed by atoms with E-state index in [0.717, 1.165) is 25.5 Å². The minimum Gasteiger partial charge on any atom is -0.346 e. The average Bonchev–Trinajstić information content (AvgIpc) is 2.27. The lowest BCUT2D eigenvalue weighted by molar-refractivity contribution is 0.262. The van der Waals surface area contributed by atoms with Gasteiger partial charge in [-0.15, -0.1) is 0 Å². The molecular formula is C13H16F2N2S. The Bertz CT molecular complexity index is 430. The van der Waals surface area contributed by atoms with E-state index in [9.17, 15) is 8.78 Å². The van der Waals surface area contributed by atoms with Gasteiger partial charge in [-0.1, -0.05) is 0 Å². The molecular weight excluding hydrogens is 254 g/mol. The first kappa shape index (κ1) is 13.2. The lowest BCUT2D eigenvalue weighted by Gasteiger charge is -2.35. The largest absolute Gasteiger partial charge is 0.346 e. The van der Waals surface area contributed by atoms with E-state index in [0.29, 0.717) is 16.8 Å². The lowest BCUT2D eigenvalue weighted by atomic mass is 10.0. The molecule has 1 fully saturated rings. The van der Waals surface area contributed by atoms with Crippen molar-refractivity contribution in [1.82, 2.24) is 4.90 Å². The van der Waals surface area contributed by atoms with E-state index in [1.54, 1.807) is 0 Å². The second kappa shape index (κ2) is 5.61. The first-order chi connectivity index (χ1) is 8.56. The number of likely N-dealkylation sites (tertiary alicyclic amines) is 1. The van der Waals surface area contributed by atoms with Gasteiger partial charge in [0.15, 0.2) is 5.11 Å². The van der Waals surface area contributed by atoms with Crippen LogP contribution < -0.4 is 5.32 Å². The van der Waals surface area contributed by atoms with Gasteiger partial charge in [-0.25, -0.2) is 8.78 Å². The summed E-state index contributed by atoms with van der Waals surface area (Å²) < 4.78 is 26.1. The third-order valence-corrected chi connectivity index (χ3v) is 3.51. The molecule has 0 radical (unpaired) electrons. The topological polar surface area (TPSA) is 15.3 Å². The molecule has 1 heterocycles. The molecule has 1 N–H and O–H groups in total. The number of rotatable bonds is 1. The summed E-state index contributed by atoms with van der Waals surface area (Å²) in [6.45, 7) is 3.00. The zero-order valence-corrected chi connectivity index (χ0v) is 11.1. The maximum absolute atomic E-state index is 13.1. The molecule has 2 rings (SSSR count). The highest BCUT2D eigenvalue weighted by Gasteiger charge is 2.20. The number of thiocarbonyl (C=S) groups is 1. The average molecular weight is 270 g/mol. The Kier molecular flexibility index (Phi) is 4.11. The summed E-state index contributed by atoms with van der Waals surface area (Å²) in [5, 5.41) is 3.44. The van der Waals surface area contributed by atoms with E-state index in [4.69, 9.17) is 12.2 Å². The minimum atomic E-state index is -0.605. The van der Waals surface area contributed by atoms with Crippen LogP contribution in [-0.2, 0) is 0 Å². The van der Waals surface area contributed by atoms with Crippen molar-refractivity contribution >= 4 is 23.0 Å². The van der Waals surface area contributed by atoms with Gasteiger partial charge < -0.3 is 10.2 Å². The summed E-state index contributed by atoms with van der Waals surface area (Å²) in [5.41, 5.74) is 0.357. The molecule has 1 aliphatic heterocycles. The number of benzene rings is 1. The van der Waals surface area contributed by atoms with Gasteiger partial charge in [-0.05, 0) is 50.5 Å². The third-order valence-electron chi connectivity index (χ3n) is 3.18. The Morgan fingerprint density at radius 1 is 1.28 bits per heavy atom. The molecule has 0 aliphatic carbocycles. The van der Waals surface area contributed by atoms with Crippen LogP contribution in [0.25, 0.3) is 0 Å². The van der Waals surface area contributed by atoms with Crippen LogP contribution in [0.15, 0.2) is 18.2 Å². The Hall–Kier alpha value is -1.23. The maximum Gasteiger partial charge on any atom is 0.173 e. The van der Waals surface area contributed by atoms with E-state index in [2.05, 4.69) is 17.1 Å². The molecule has 0 spiro atoms. The predicted molar refractivity (Wildman–Crippen MR) is 72.6 cm³/mol. The van der Waals surface area contributed by atoms with Crippen molar-refractivity contribution in [2.75, 3.05) is 11.9 Å². The van der Waals surface area contributed by atoms with Gasteiger partial charge in [-0.2, -0.15) is 0 Å². The van der Waals surface area contributed by atoms with Gasteiger partial charge in [0, 0.05) is 24.3 Å². The summed E-state index contributed by atoms with van der Waals surface area (Å²) in [5.74, 6) is -1.21. The zero-order chi connectivity index (χ0) is 13.1. The molecule has 98 valence electrons. The van der Waals surface area contributed by atoms with Crippen LogP contribution >= 0.6 is 12.2 Å². The van der Waals surface area contributed by atoms with Crippen LogP contribution in [0.4, 0.5) is 14.5 Å². The first-order valence-corrected chi connectivity index (χ1v) is 6.51. The summed E-state index contributed by atoms with van der Waals surface area (Å²) in [6.07, 6.45) is 3.40. The highest BCUT2D eigenvalue weighted by atomic mass is 32.1. The van der Waals surface area contributed by atoms with Crippen LogP contribution in [0.2, 0.25) is 0 Å². The quantitative estimate of drug-likeness (QED) is 0.786. The molecule has 1 unspecified atom stereocenters. The SMILES string of the molecule is CC1CCCCN1C(=S)Nc1cc(F)cc(F)c1. The van der Waals surface area contributed by atoms with Crippen molar-refractivity contribution in [3.05, 3.63) is 29.8 Å². The molecule has 0 bridgehead atoms. The molecule has 18 heavy (non-hydrogen) atoms. The molecule has 1 aliphatic rings. The highest BCUT2D eigenvalue weighted by Crippen LogP contribution is 2.19. The van der Waals surface area contributed by atoms with E-state index >= 15 is 0 Å². The van der Waals surface area contributed by atoms with Crippen molar-refractivity contribution in [1.29, 1.82) is 0 Å². The lowest BCUT2D eigenvalue weighted by Crippen LogP contribution is -2.44. The van der Waals surface area contributed by atoms with Gasteiger partial charge in [0.2, 0.25) is 0 Å². The first-order valence-electron chi connectivity index (χ1n) is 6.10. The number of hydrogen-bond acceptors (Lipinski definition) is 1. The summed E-state index contributed by atoms with van der Waals surface area (Å²) >= 11 is 5.29. The molecule has 2 nitrogen and oxygen atoms in total. The van der Waals surface area contributed by atoms with Crippen LogP contribution in [0.1, 0.15) is 26.2 Å². The number of halogens is 2. The van der Waals surface area contributed by atoms with Crippen LogP contribution in [0, 0.1) is 11.6 Å². The third kappa shape index (κ3) is 3.16.